The van der Waals surface area contributed by atoms with Gasteiger partial charge in [0.25, 0.3) is 11.7 Å². The van der Waals surface area contributed by atoms with Gasteiger partial charge in [-0.25, -0.2) is 0 Å². The average molecular weight is 967 g/mol. The van der Waals surface area contributed by atoms with Crippen molar-refractivity contribution in [3.63, 3.8) is 0 Å². The number of piperazine rings is 1. The first-order chi connectivity index (χ1) is 33.4. The van der Waals surface area contributed by atoms with Crippen molar-refractivity contribution in [1.82, 2.24) is 25.3 Å². The van der Waals surface area contributed by atoms with Gasteiger partial charge >= 0.3 is 11.8 Å². The van der Waals surface area contributed by atoms with Crippen LogP contribution in [0.4, 0.5) is 0 Å². The Balaban J connectivity index is 1.02. The molecule has 9 rings (SSSR count). The maximum Gasteiger partial charge on any atom is 0.315 e. The molecular weight excluding hydrogens is 893 g/mol. The molecule has 4 N–H and O–H groups in total. The summed E-state index contributed by atoms with van der Waals surface area (Å²) in [7, 11) is 0. The van der Waals surface area contributed by atoms with E-state index in [0.717, 1.165) is 45.2 Å². The number of amides is 2. The normalized spacial score (nSPS) is 28.8. The fourth-order valence-electron chi connectivity index (χ4n) is 11.1. The van der Waals surface area contributed by atoms with Gasteiger partial charge in [0, 0.05) is 95.2 Å². The zero-order valence-corrected chi connectivity index (χ0v) is 42.1. The Kier molecular flexibility index (Phi) is 15.7. The molecule has 16 heteroatoms. The maximum atomic E-state index is 14.7. The van der Waals surface area contributed by atoms with E-state index in [9.17, 15) is 34.2 Å². The van der Waals surface area contributed by atoms with Gasteiger partial charge in [-0.05, 0) is 76.2 Å². The third-order valence-corrected chi connectivity index (χ3v) is 15.2. The molecule has 3 fully saturated rings. The number of phenols is 1. The Labute approximate surface area is 412 Å². The minimum absolute atomic E-state index is 0.0131. The van der Waals surface area contributed by atoms with Gasteiger partial charge in [0.1, 0.15) is 35.4 Å². The average Bonchev–Trinajstić information content (AvgIpc) is 3.82. The van der Waals surface area contributed by atoms with Gasteiger partial charge in [-0.1, -0.05) is 58.3 Å². The van der Waals surface area contributed by atoms with Crippen LogP contribution in [0, 0.1) is 24.7 Å². The largest absolute Gasteiger partial charge is 0.507 e. The third-order valence-electron chi connectivity index (χ3n) is 15.2. The molecule has 6 heterocycles. The molecule has 6 aliphatic heterocycles. The highest BCUT2D eigenvalue weighted by Gasteiger charge is 2.54. The summed E-state index contributed by atoms with van der Waals surface area (Å²) in [5.41, 5.74) is 0.168. The standard InChI is InChI=1S/C54H74N6O10/c1-33(2)31-58-22-20-54(21-23-58)56-45-42-43-48(64)36(5)50-44(42)51(66)53(6,70-50)68-28-11-10-17-39(69-41(63)30-40(62)60-26-24-59(25-27-60)32-37-15-8-7-9-16-37)29-38(61)19-18-34(3)13-12-14-35(4)52(67)55-47(49(43)65)46(45)57-54/h11-14,28,33-34,37-39,57,61,64H,7-10,15-27,29-32H2,1-6H3,(H,55,67)/b13-12+,28-11+,35-14-/t34?,38?,39-,53?/m1/s1. The van der Waals surface area contributed by atoms with Crippen LogP contribution in [-0.4, -0.2) is 136 Å². The molecule has 4 atom stereocenters. The number of fused-ring (bicyclic) bond motifs is 13. The molecular formula is C54H74N6O10. The lowest BCUT2D eigenvalue weighted by molar-refractivity contribution is -0.155. The smallest absolute Gasteiger partial charge is 0.315 e. The number of allylic oxidation sites excluding steroid dienone is 6. The highest BCUT2D eigenvalue weighted by atomic mass is 16.7. The number of Topliss-reactive ketones (excluding diaryl/α,β-unsaturated/α-hetero) is 2. The van der Waals surface area contributed by atoms with Crippen LogP contribution in [0.25, 0.3) is 0 Å². The van der Waals surface area contributed by atoms with E-state index in [2.05, 4.69) is 34.3 Å². The minimum atomic E-state index is -1.90. The van der Waals surface area contributed by atoms with Gasteiger partial charge in [0.05, 0.1) is 34.9 Å². The first-order valence-electron chi connectivity index (χ1n) is 25.8. The predicted octanol–water partition coefficient (Wildman–Crippen LogP) is 6.38. The summed E-state index contributed by atoms with van der Waals surface area (Å²) < 4.78 is 18.3. The lowest BCUT2D eigenvalue weighted by Gasteiger charge is -2.38. The molecule has 1 saturated carbocycles. The van der Waals surface area contributed by atoms with Crippen LogP contribution in [0.5, 0.6) is 11.5 Å². The van der Waals surface area contributed by atoms with E-state index in [1.165, 1.54) is 45.3 Å². The van der Waals surface area contributed by atoms with Crippen molar-refractivity contribution < 1.29 is 48.4 Å². The molecule has 2 aliphatic carbocycles. The zero-order valence-electron chi connectivity index (χ0n) is 42.1. The van der Waals surface area contributed by atoms with E-state index in [4.69, 9.17) is 19.2 Å². The number of benzene rings is 1. The second kappa shape index (κ2) is 21.6. The second-order valence-corrected chi connectivity index (χ2v) is 21.4. The van der Waals surface area contributed by atoms with Crippen molar-refractivity contribution in [3.05, 3.63) is 69.8 Å². The maximum absolute atomic E-state index is 14.7. The summed E-state index contributed by atoms with van der Waals surface area (Å²) in [6.07, 6.45) is 15.9. The topological polar surface area (TPSA) is 200 Å². The number of rotatable bonds is 7. The number of piperidine rings is 1. The first-order valence-corrected chi connectivity index (χ1v) is 25.8. The number of aliphatic hydroxyl groups is 1. The van der Waals surface area contributed by atoms with E-state index in [1.54, 1.807) is 37.0 Å². The number of esters is 1. The zero-order chi connectivity index (χ0) is 49.9. The van der Waals surface area contributed by atoms with Gasteiger partial charge in [0.15, 0.2) is 0 Å². The summed E-state index contributed by atoms with van der Waals surface area (Å²) in [6, 6.07) is 0. The van der Waals surface area contributed by atoms with E-state index < -0.39 is 47.1 Å². The Morgan fingerprint density at radius 2 is 1.66 bits per heavy atom. The minimum Gasteiger partial charge on any atom is -0.507 e. The fourth-order valence-corrected chi connectivity index (χ4v) is 11.1. The number of aromatic hydroxyl groups is 1. The number of carbonyl (C=O) groups excluding carboxylic acids is 5. The predicted molar refractivity (Wildman–Crippen MR) is 264 cm³/mol. The third kappa shape index (κ3) is 11.2. The molecule has 3 unspecified atom stereocenters. The molecule has 0 aromatic heterocycles. The quantitative estimate of drug-likeness (QED) is 0.174. The monoisotopic (exact) mass is 967 g/mol. The molecule has 2 amide bonds. The number of nitrogens with zero attached hydrogens (tertiary/aromatic N) is 4. The van der Waals surface area contributed by atoms with Crippen molar-refractivity contribution in [2.24, 2.45) is 22.7 Å². The molecule has 5 bridgehead atoms. The van der Waals surface area contributed by atoms with Gasteiger partial charge < -0.3 is 44.9 Å². The van der Waals surface area contributed by atoms with E-state index in [0.29, 0.717) is 63.1 Å². The molecule has 16 nitrogen and oxygen atoms in total. The molecule has 1 spiro atoms. The summed E-state index contributed by atoms with van der Waals surface area (Å²) >= 11 is 0. The molecule has 0 radical (unpaired) electrons. The Morgan fingerprint density at radius 3 is 2.37 bits per heavy atom. The van der Waals surface area contributed by atoms with E-state index in [1.807, 2.05) is 13.0 Å². The number of ketones is 2. The number of hydrogen-bond acceptors (Lipinski definition) is 14. The van der Waals surface area contributed by atoms with Crippen molar-refractivity contribution in [2.45, 2.75) is 149 Å². The van der Waals surface area contributed by atoms with Crippen LogP contribution in [0.1, 0.15) is 150 Å². The number of likely N-dealkylation sites (tertiary alicyclic amines) is 1. The molecule has 380 valence electrons. The van der Waals surface area contributed by atoms with Gasteiger partial charge in [-0.15, -0.1) is 0 Å². The molecule has 1 aromatic carbocycles. The van der Waals surface area contributed by atoms with Crippen molar-refractivity contribution >= 4 is 35.1 Å². The van der Waals surface area contributed by atoms with Gasteiger partial charge in [-0.3, -0.25) is 33.9 Å². The van der Waals surface area contributed by atoms with Crippen molar-refractivity contribution in [1.29, 1.82) is 0 Å². The van der Waals surface area contributed by atoms with Crippen LogP contribution in [0.3, 0.4) is 0 Å². The van der Waals surface area contributed by atoms with Gasteiger partial charge in [0.2, 0.25) is 11.7 Å². The first kappa shape index (κ1) is 51.0. The van der Waals surface area contributed by atoms with Crippen LogP contribution in [0.15, 0.2) is 52.5 Å². The Bertz CT molecular complexity index is 2360. The molecule has 1 aromatic rings. The number of aliphatic hydroxyl groups excluding tert-OH is 1. The lowest BCUT2D eigenvalue weighted by Crippen LogP contribution is -2.50. The summed E-state index contributed by atoms with van der Waals surface area (Å²) in [5, 5.41) is 29.4. The van der Waals surface area contributed by atoms with Crippen LogP contribution in [-0.2, 0) is 23.9 Å². The van der Waals surface area contributed by atoms with E-state index >= 15 is 0 Å². The van der Waals surface area contributed by atoms with E-state index in [-0.39, 0.29) is 75.5 Å². The highest BCUT2D eigenvalue weighted by molar-refractivity contribution is 6.34. The second-order valence-electron chi connectivity index (χ2n) is 21.4. The fraction of sp³-hybridized carbons (Fsp3) is 0.630. The Hall–Kier alpha value is -5.32. The van der Waals surface area contributed by atoms with Gasteiger partial charge in [-0.2, -0.15) is 0 Å². The Morgan fingerprint density at radius 1 is 0.929 bits per heavy atom. The van der Waals surface area contributed by atoms with Crippen molar-refractivity contribution in [3.8, 4) is 11.5 Å². The molecule has 2 saturated heterocycles. The van der Waals surface area contributed by atoms with Crippen molar-refractivity contribution in [2.75, 3.05) is 52.4 Å². The summed E-state index contributed by atoms with van der Waals surface area (Å²) in [5.74, 6) is -3.71. The SMILES string of the molecule is C/C1=C/C=C/C(C)CCC(O)C[C@H](OC(=O)CC(=O)N2CCN(CC3CCCCC3)CC2)CC/C=C/OC2(C)Oc3c(C)c(O)c4c(c3C2=O)C2=NC3(CCN(CC(C)C)CC3)NC2=C(NC1=O)C4=O. The van der Waals surface area contributed by atoms with Crippen LogP contribution < -0.4 is 15.4 Å². The molecule has 70 heavy (non-hydrogen) atoms. The number of nitrogens with one attached hydrogen (secondary N) is 2. The number of ether oxygens (including phenoxy) is 3. The number of carbonyl (C=O) groups is 5. The number of phenolic OH excluding ortho intramolecular Hbond substituents is 1. The van der Waals surface area contributed by atoms with Crippen LogP contribution >= 0.6 is 0 Å². The number of hydrogen-bond donors (Lipinski definition) is 4. The summed E-state index contributed by atoms with van der Waals surface area (Å²) in [6.45, 7) is 17.2. The van der Waals surface area contributed by atoms with Crippen LogP contribution in [0.2, 0.25) is 0 Å². The summed E-state index contributed by atoms with van der Waals surface area (Å²) in [4.78, 5) is 81.9. The lowest BCUT2D eigenvalue weighted by atomic mass is 9.82. The highest BCUT2D eigenvalue weighted by Crippen LogP contribution is 2.50. The molecule has 8 aliphatic rings. The number of aliphatic imine (C=N–C) groups is 1.